The monoisotopic (exact) mass is 411 g/mol. The van der Waals surface area contributed by atoms with Crippen LogP contribution in [-0.2, 0) is 20.7 Å². The molecule has 1 amide bonds. The van der Waals surface area contributed by atoms with E-state index in [2.05, 4.69) is 5.32 Å². The average molecular weight is 412 g/mol. The Balaban J connectivity index is 1.95. The molecule has 0 saturated carbocycles. The summed E-state index contributed by atoms with van der Waals surface area (Å²) in [4.78, 5) is 24.3. The van der Waals surface area contributed by atoms with Crippen molar-refractivity contribution in [1.29, 1.82) is 0 Å². The zero-order valence-electron chi connectivity index (χ0n) is 15.0. The number of benzene rings is 2. The predicted octanol–water partition coefficient (Wildman–Crippen LogP) is 4.12. The summed E-state index contributed by atoms with van der Waals surface area (Å²) in [5, 5.41) is 3.37. The number of amides is 1. The minimum atomic E-state index is -0.990. The van der Waals surface area contributed by atoms with Gasteiger partial charge in [0.2, 0.25) is 0 Å². The number of rotatable bonds is 7. The van der Waals surface area contributed by atoms with Gasteiger partial charge in [0.25, 0.3) is 5.91 Å². The maximum Gasteiger partial charge on any atom is 0.311 e. The highest BCUT2D eigenvalue weighted by Crippen LogP contribution is 2.28. The predicted molar refractivity (Wildman–Crippen MR) is 104 cm³/mol. The van der Waals surface area contributed by atoms with Crippen LogP contribution in [0, 0.1) is 0 Å². The quantitative estimate of drug-likeness (QED) is 0.693. The van der Waals surface area contributed by atoms with E-state index in [0.29, 0.717) is 32.8 Å². The van der Waals surface area contributed by atoms with E-state index in [0.717, 1.165) is 0 Å². The summed E-state index contributed by atoms with van der Waals surface area (Å²) < 4.78 is 15.5. The van der Waals surface area contributed by atoms with Gasteiger partial charge in [-0.2, -0.15) is 0 Å². The van der Waals surface area contributed by atoms with Crippen LogP contribution < -0.4 is 14.8 Å². The van der Waals surface area contributed by atoms with Crippen molar-refractivity contribution in [2.45, 2.75) is 19.4 Å². The second-order valence-corrected chi connectivity index (χ2v) is 6.52. The standard InChI is InChI=1S/C19H19Cl2NO5/c1-11(19(24)22-15-9-13(20)8-14(21)10-15)27-18(23)7-12-4-5-16(25-2)17(6-12)26-3/h4-6,8-11H,7H2,1-3H3,(H,22,24)/t11-/m0/s1. The smallest absolute Gasteiger partial charge is 0.311 e. The van der Waals surface area contributed by atoms with Gasteiger partial charge in [-0.1, -0.05) is 29.3 Å². The molecule has 144 valence electrons. The van der Waals surface area contributed by atoms with Crippen LogP contribution in [-0.4, -0.2) is 32.2 Å². The van der Waals surface area contributed by atoms with E-state index in [-0.39, 0.29) is 6.42 Å². The minimum absolute atomic E-state index is 0.0129. The lowest BCUT2D eigenvalue weighted by Crippen LogP contribution is -2.30. The Labute approximate surface area is 167 Å². The Bertz CT molecular complexity index is 821. The molecule has 1 N–H and O–H groups in total. The minimum Gasteiger partial charge on any atom is -0.493 e. The summed E-state index contributed by atoms with van der Waals surface area (Å²) in [5.74, 6) is 0.0250. The van der Waals surface area contributed by atoms with Gasteiger partial charge in [-0.15, -0.1) is 0 Å². The Morgan fingerprint density at radius 3 is 2.22 bits per heavy atom. The Kier molecular flexibility index (Phi) is 7.33. The van der Waals surface area contributed by atoms with E-state index in [1.54, 1.807) is 36.4 Å². The van der Waals surface area contributed by atoms with E-state index in [1.807, 2.05) is 0 Å². The molecule has 0 aromatic heterocycles. The fourth-order valence-electron chi connectivity index (χ4n) is 2.32. The number of ether oxygens (including phenoxy) is 3. The van der Waals surface area contributed by atoms with Gasteiger partial charge < -0.3 is 19.5 Å². The summed E-state index contributed by atoms with van der Waals surface area (Å²) in [6, 6.07) is 9.74. The first-order valence-corrected chi connectivity index (χ1v) is 8.75. The number of carbonyl (C=O) groups excluding carboxylic acids is 2. The highest BCUT2D eigenvalue weighted by atomic mass is 35.5. The van der Waals surface area contributed by atoms with E-state index >= 15 is 0 Å². The van der Waals surface area contributed by atoms with Crippen LogP contribution in [0.25, 0.3) is 0 Å². The Hall–Kier alpha value is -2.44. The largest absolute Gasteiger partial charge is 0.493 e. The summed E-state index contributed by atoms with van der Waals surface area (Å²) in [6.45, 7) is 1.48. The number of carbonyl (C=O) groups is 2. The van der Waals surface area contributed by atoms with E-state index in [9.17, 15) is 9.59 Å². The number of methoxy groups -OCH3 is 2. The molecule has 0 aliphatic carbocycles. The van der Waals surface area contributed by atoms with Crippen molar-refractivity contribution < 1.29 is 23.8 Å². The van der Waals surface area contributed by atoms with Gasteiger partial charge in [0.05, 0.1) is 20.6 Å². The number of anilines is 1. The average Bonchev–Trinajstić information content (AvgIpc) is 2.60. The fraction of sp³-hybridized carbons (Fsp3) is 0.263. The van der Waals surface area contributed by atoms with Gasteiger partial charge in [-0.25, -0.2) is 0 Å². The van der Waals surface area contributed by atoms with Gasteiger partial charge in [0.1, 0.15) is 0 Å². The highest BCUT2D eigenvalue weighted by Gasteiger charge is 2.19. The molecule has 0 heterocycles. The van der Waals surface area contributed by atoms with Crippen LogP contribution in [0.3, 0.4) is 0 Å². The van der Waals surface area contributed by atoms with Gasteiger partial charge in [0.15, 0.2) is 17.6 Å². The molecule has 0 radical (unpaired) electrons. The van der Waals surface area contributed by atoms with Crippen molar-refractivity contribution in [2.75, 3.05) is 19.5 Å². The van der Waals surface area contributed by atoms with Gasteiger partial charge in [0, 0.05) is 15.7 Å². The topological polar surface area (TPSA) is 73.9 Å². The van der Waals surface area contributed by atoms with E-state index < -0.39 is 18.0 Å². The molecule has 0 spiro atoms. The molecule has 0 aliphatic rings. The molecular weight excluding hydrogens is 393 g/mol. The third-order valence-electron chi connectivity index (χ3n) is 3.60. The molecule has 8 heteroatoms. The first-order valence-electron chi connectivity index (χ1n) is 7.99. The van der Waals surface area contributed by atoms with Crippen molar-refractivity contribution in [3.63, 3.8) is 0 Å². The van der Waals surface area contributed by atoms with Crippen LogP contribution >= 0.6 is 23.2 Å². The SMILES string of the molecule is COc1ccc(CC(=O)O[C@@H](C)C(=O)Nc2cc(Cl)cc(Cl)c2)cc1OC. The molecule has 0 unspecified atom stereocenters. The Morgan fingerprint density at radius 2 is 1.63 bits per heavy atom. The van der Waals surface area contributed by atoms with Crippen molar-refractivity contribution in [3.05, 3.63) is 52.0 Å². The summed E-state index contributed by atoms with van der Waals surface area (Å²) >= 11 is 11.8. The normalized spacial score (nSPS) is 11.4. The van der Waals surface area contributed by atoms with Gasteiger partial charge in [-0.3, -0.25) is 9.59 Å². The number of hydrogen-bond acceptors (Lipinski definition) is 5. The van der Waals surface area contributed by atoms with Gasteiger partial charge in [-0.05, 0) is 42.8 Å². The Morgan fingerprint density at radius 1 is 1.00 bits per heavy atom. The first-order chi connectivity index (χ1) is 12.8. The number of nitrogens with one attached hydrogen (secondary N) is 1. The molecule has 6 nitrogen and oxygen atoms in total. The zero-order valence-corrected chi connectivity index (χ0v) is 16.6. The molecule has 0 bridgehead atoms. The summed E-state index contributed by atoms with van der Waals surface area (Å²) in [5.41, 5.74) is 1.09. The van der Waals surface area contributed by atoms with Crippen LogP contribution in [0.4, 0.5) is 5.69 Å². The lowest BCUT2D eigenvalue weighted by atomic mass is 10.1. The van der Waals surface area contributed by atoms with Crippen molar-refractivity contribution in [3.8, 4) is 11.5 Å². The molecule has 0 aliphatic heterocycles. The maximum absolute atomic E-state index is 12.2. The molecular formula is C19H19Cl2NO5. The van der Waals surface area contributed by atoms with Crippen LogP contribution in [0.1, 0.15) is 12.5 Å². The molecule has 27 heavy (non-hydrogen) atoms. The molecule has 2 aromatic rings. The second kappa shape index (κ2) is 9.48. The molecule has 2 aromatic carbocycles. The van der Waals surface area contributed by atoms with Crippen molar-refractivity contribution in [2.24, 2.45) is 0 Å². The third kappa shape index (κ3) is 6.05. The van der Waals surface area contributed by atoms with Crippen LogP contribution in [0.5, 0.6) is 11.5 Å². The number of hydrogen-bond donors (Lipinski definition) is 1. The van der Waals surface area contributed by atoms with E-state index in [4.69, 9.17) is 37.4 Å². The second-order valence-electron chi connectivity index (χ2n) is 5.65. The number of halogens is 2. The zero-order chi connectivity index (χ0) is 20.0. The highest BCUT2D eigenvalue weighted by molar-refractivity contribution is 6.35. The number of esters is 1. The first kappa shape index (κ1) is 20.9. The fourth-order valence-corrected chi connectivity index (χ4v) is 2.85. The van der Waals surface area contributed by atoms with Crippen molar-refractivity contribution in [1.82, 2.24) is 0 Å². The molecule has 0 fully saturated rings. The molecule has 2 rings (SSSR count). The van der Waals surface area contributed by atoms with E-state index in [1.165, 1.54) is 21.1 Å². The van der Waals surface area contributed by atoms with Crippen molar-refractivity contribution >= 4 is 40.8 Å². The van der Waals surface area contributed by atoms with Gasteiger partial charge >= 0.3 is 5.97 Å². The maximum atomic E-state index is 12.2. The lowest BCUT2D eigenvalue weighted by molar-refractivity contribution is -0.152. The third-order valence-corrected chi connectivity index (χ3v) is 4.04. The summed E-state index contributed by atoms with van der Waals surface area (Å²) in [6.07, 6.45) is -1.00. The molecule has 1 atom stereocenters. The van der Waals surface area contributed by atoms with Crippen LogP contribution in [0.15, 0.2) is 36.4 Å². The summed E-state index contributed by atoms with van der Waals surface area (Å²) in [7, 11) is 3.04. The van der Waals surface area contributed by atoms with Crippen LogP contribution in [0.2, 0.25) is 10.0 Å². The lowest BCUT2D eigenvalue weighted by Gasteiger charge is -2.14. The molecule has 0 saturated heterocycles.